The molecule has 138 valence electrons. The van der Waals surface area contributed by atoms with Crippen molar-refractivity contribution in [1.82, 2.24) is 5.16 Å². The number of hydrogen-bond acceptors (Lipinski definition) is 5. The number of halogens is 1. The van der Waals surface area contributed by atoms with Crippen LogP contribution in [0.4, 0.5) is 4.39 Å². The molecule has 0 amide bonds. The van der Waals surface area contributed by atoms with E-state index in [2.05, 4.69) is 5.16 Å². The molecule has 3 aromatic rings. The summed E-state index contributed by atoms with van der Waals surface area (Å²) in [4.78, 5) is 11.9. The van der Waals surface area contributed by atoms with Crippen molar-refractivity contribution >= 4 is 12.0 Å². The van der Waals surface area contributed by atoms with Crippen LogP contribution < -0.4 is 4.74 Å². The highest BCUT2D eigenvalue weighted by atomic mass is 19.1. The first-order valence-corrected chi connectivity index (χ1v) is 8.27. The number of carbonyl (C=O) groups is 1. The van der Waals surface area contributed by atoms with Gasteiger partial charge in [0.15, 0.2) is 5.76 Å². The van der Waals surface area contributed by atoms with Crippen molar-refractivity contribution in [3.05, 3.63) is 77.2 Å². The first kappa shape index (κ1) is 18.4. The number of hydrogen-bond donors (Lipinski definition) is 0. The van der Waals surface area contributed by atoms with Gasteiger partial charge in [-0.2, -0.15) is 0 Å². The fourth-order valence-electron chi connectivity index (χ4n) is 2.47. The first-order chi connectivity index (χ1) is 13.1. The lowest BCUT2D eigenvalue weighted by molar-refractivity contribution is -0.139. The maximum Gasteiger partial charge on any atom is 0.331 e. The summed E-state index contributed by atoms with van der Waals surface area (Å²) >= 11 is 0. The normalized spacial score (nSPS) is 10.9. The van der Waals surface area contributed by atoms with Crippen LogP contribution in [0.25, 0.3) is 17.4 Å². The van der Waals surface area contributed by atoms with Crippen molar-refractivity contribution in [2.45, 2.75) is 13.5 Å². The van der Waals surface area contributed by atoms with E-state index in [-0.39, 0.29) is 12.4 Å². The highest BCUT2D eigenvalue weighted by Crippen LogP contribution is 2.26. The number of nitrogens with zero attached hydrogens (tertiary/aromatic N) is 1. The zero-order valence-corrected chi connectivity index (χ0v) is 14.9. The molecule has 6 heteroatoms. The minimum Gasteiger partial charge on any atom is -0.497 e. The molecular formula is C21H18FNO4. The molecule has 27 heavy (non-hydrogen) atoms. The molecule has 0 aliphatic rings. The van der Waals surface area contributed by atoms with Crippen LogP contribution in [0.15, 0.2) is 59.1 Å². The van der Waals surface area contributed by atoms with Crippen LogP contribution in [0.1, 0.15) is 16.8 Å². The molecule has 0 saturated heterocycles. The smallest absolute Gasteiger partial charge is 0.331 e. The SMILES string of the molecule is COc1cccc(/C=C/C(=O)OCc2noc(-c3ccc(F)cc3)c2C)c1. The molecule has 1 aromatic heterocycles. The van der Waals surface area contributed by atoms with Gasteiger partial charge in [-0.05, 0) is 55.0 Å². The third-order valence-corrected chi connectivity index (χ3v) is 3.98. The van der Waals surface area contributed by atoms with Gasteiger partial charge in [-0.1, -0.05) is 17.3 Å². The molecule has 0 aliphatic heterocycles. The topological polar surface area (TPSA) is 61.6 Å². The van der Waals surface area contributed by atoms with E-state index in [0.29, 0.717) is 22.8 Å². The molecule has 0 spiro atoms. The third-order valence-electron chi connectivity index (χ3n) is 3.98. The van der Waals surface area contributed by atoms with Gasteiger partial charge in [0, 0.05) is 17.2 Å². The lowest BCUT2D eigenvalue weighted by Crippen LogP contribution is -2.02. The summed E-state index contributed by atoms with van der Waals surface area (Å²) in [5.41, 5.74) is 2.78. The Hall–Kier alpha value is -3.41. The molecule has 2 aromatic carbocycles. The molecule has 0 atom stereocenters. The summed E-state index contributed by atoms with van der Waals surface area (Å²) in [5, 5.41) is 3.94. The van der Waals surface area contributed by atoms with Crippen LogP contribution in [-0.4, -0.2) is 18.2 Å². The van der Waals surface area contributed by atoms with Crippen molar-refractivity contribution in [3.8, 4) is 17.1 Å². The number of ether oxygens (including phenoxy) is 2. The standard InChI is InChI=1S/C21H18FNO4/c1-14-19(23-27-21(14)16-7-9-17(22)10-8-16)13-26-20(24)11-6-15-4-3-5-18(12-15)25-2/h3-12H,13H2,1-2H3/b11-6+. The predicted octanol–water partition coefficient (Wildman–Crippen LogP) is 4.55. The van der Waals surface area contributed by atoms with Crippen molar-refractivity contribution in [2.24, 2.45) is 0 Å². The van der Waals surface area contributed by atoms with E-state index in [1.807, 2.05) is 25.1 Å². The average Bonchev–Trinajstić information content (AvgIpc) is 3.06. The molecule has 3 rings (SSSR count). The zero-order valence-electron chi connectivity index (χ0n) is 14.9. The molecular weight excluding hydrogens is 349 g/mol. The number of methoxy groups -OCH3 is 1. The highest BCUT2D eigenvalue weighted by Gasteiger charge is 2.15. The van der Waals surface area contributed by atoms with Gasteiger partial charge in [0.05, 0.1) is 7.11 Å². The van der Waals surface area contributed by atoms with Gasteiger partial charge in [-0.3, -0.25) is 0 Å². The van der Waals surface area contributed by atoms with E-state index in [9.17, 15) is 9.18 Å². The summed E-state index contributed by atoms with van der Waals surface area (Å²) in [5.74, 6) is 0.404. The van der Waals surface area contributed by atoms with Gasteiger partial charge in [0.2, 0.25) is 0 Å². The molecule has 0 radical (unpaired) electrons. The van der Waals surface area contributed by atoms with E-state index in [0.717, 1.165) is 11.1 Å². The molecule has 0 bridgehead atoms. The minimum absolute atomic E-state index is 0.0161. The van der Waals surface area contributed by atoms with E-state index in [1.165, 1.54) is 18.2 Å². The molecule has 5 nitrogen and oxygen atoms in total. The highest BCUT2D eigenvalue weighted by molar-refractivity contribution is 5.87. The van der Waals surface area contributed by atoms with Crippen molar-refractivity contribution in [3.63, 3.8) is 0 Å². The summed E-state index contributed by atoms with van der Waals surface area (Å²) in [6.07, 6.45) is 2.98. The van der Waals surface area contributed by atoms with Crippen molar-refractivity contribution in [2.75, 3.05) is 7.11 Å². The van der Waals surface area contributed by atoms with E-state index in [1.54, 1.807) is 31.4 Å². The number of aromatic nitrogens is 1. The first-order valence-electron chi connectivity index (χ1n) is 8.27. The summed E-state index contributed by atoms with van der Waals surface area (Å²) in [6, 6.07) is 13.2. The monoisotopic (exact) mass is 367 g/mol. The number of esters is 1. The van der Waals surface area contributed by atoms with Crippen LogP contribution in [0.3, 0.4) is 0 Å². The molecule has 0 N–H and O–H groups in total. The summed E-state index contributed by atoms with van der Waals surface area (Å²) in [6.45, 7) is 1.79. The molecule has 1 heterocycles. The van der Waals surface area contributed by atoms with Gasteiger partial charge >= 0.3 is 5.97 Å². The Morgan fingerprint density at radius 1 is 1.22 bits per heavy atom. The van der Waals surface area contributed by atoms with Crippen LogP contribution in [0.2, 0.25) is 0 Å². The fraction of sp³-hybridized carbons (Fsp3) is 0.143. The second-order valence-corrected chi connectivity index (χ2v) is 5.81. The zero-order chi connectivity index (χ0) is 19.2. The maximum absolute atomic E-state index is 13.0. The molecule has 0 saturated carbocycles. The van der Waals surface area contributed by atoms with Gasteiger partial charge in [0.25, 0.3) is 0 Å². The van der Waals surface area contributed by atoms with Crippen LogP contribution >= 0.6 is 0 Å². The lowest BCUT2D eigenvalue weighted by Gasteiger charge is -2.01. The summed E-state index contributed by atoms with van der Waals surface area (Å²) < 4.78 is 28.7. The van der Waals surface area contributed by atoms with Gasteiger partial charge in [0.1, 0.15) is 23.9 Å². The van der Waals surface area contributed by atoms with E-state index >= 15 is 0 Å². The Kier molecular flexibility index (Phi) is 5.66. The van der Waals surface area contributed by atoms with Gasteiger partial charge in [-0.25, -0.2) is 9.18 Å². The Balaban J connectivity index is 1.62. The predicted molar refractivity (Wildman–Crippen MR) is 98.5 cm³/mol. The molecule has 0 aliphatic carbocycles. The third kappa shape index (κ3) is 4.61. The quantitative estimate of drug-likeness (QED) is 0.472. The fourth-order valence-corrected chi connectivity index (χ4v) is 2.47. The Morgan fingerprint density at radius 3 is 2.74 bits per heavy atom. The van der Waals surface area contributed by atoms with E-state index in [4.69, 9.17) is 14.0 Å². The Bertz CT molecular complexity index is 961. The van der Waals surface area contributed by atoms with Gasteiger partial charge in [-0.15, -0.1) is 0 Å². The Labute approximate surface area is 156 Å². The number of benzene rings is 2. The van der Waals surface area contributed by atoms with Crippen LogP contribution in [0.5, 0.6) is 5.75 Å². The number of carbonyl (C=O) groups excluding carboxylic acids is 1. The second kappa shape index (κ2) is 8.31. The van der Waals surface area contributed by atoms with Crippen molar-refractivity contribution in [1.29, 1.82) is 0 Å². The largest absolute Gasteiger partial charge is 0.497 e. The summed E-state index contributed by atoms with van der Waals surface area (Å²) in [7, 11) is 1.58. The minimum atomic E-state index is -0.497. The van der Waals surface area contributed by atoms with Gasteiger partial charge < -0.3 is 14.0 Å². The number of rotatable bonds is 6. The maximum atomic E-state index is 13.0. The molecule has 0 unspecified atom stereocenters. The average molecular weight is 367 g/mol. The molecule has 0 fully saturated rings. The second-order valence-electron chi connectivity index (χ2n) is 5.81. The van der Waals surface area contributed by atoms with Crippen LogP contribution in [-0.2, 0) is 16.1 Å². The van der Waals surface area contributed by atoms with Crippen molar-refractivity contribution < 1.29 is 23.2 Å². The van der Waals surface area contributed by atoms with Crippen LogP contribution in [0, 0.1) is 12.7 Å². The Morgan fingerprint density at radius 2 is 2.00 bits per heavy atom. The van der Waals surface area contributed by atoms with E-state index < -0.39 is 5.97 Å². The lowest BCUT2D eigenvalue weighted by atomic mass is 10.1.